The zero-order chi connectivity index (χ0) is 17.4. The third-order valence-electron chi connectivity index (χ3n) is 3.66. The van der Waals surface area contributed by atoms with Gasteiger partial charge in [0.2, 0.25) is 0 Å². The van der Waals surface area contributed by atoms with E-state index in [9.17, 15) is 18.0 Å². The molecule has 2 rings (SSSR count). The first-order chi connectivity index (χ1) is 11.5. The second-order valence-corrected chi connectivity index (χ2v) is 5.52. The minimum atomic E-state index is -4.54. The second-order valence-electron chi connectivity index (χ2n) is 5.52. The molecule has 0 amide bonds. The lowest BCUT2D eigenvalue weighted by Gasteiger charge is -2.14. The van der Waals surface area contributed by atoms with E-state index in [1.165, 1.54) is 17.7 Å². The Hall–Kier alpha value is -2.30. The zero-order valence-electron chi connectivity index (χ0n) is 13.2. The predicted octanol–water partition coefficient (Wildman–Crippen LogP) is 5.31. The quantitative estimate of drug-likeness (QED) is 0.482. The van der Waals surface area contributed by atoms with Crippen molar-refractivity contribution < 1.29 is 22.7 Å². The average Bonchev–Trinajstić information content (AvgIpc) is 2.58. The van der Waals surface area contributed by atoms with Crippen LogP contribution in [0.15, 0.2) is 48.5 Å². The van der Waals surface area contributed by atoms with E-state index in [-0.39, 0.29) is 17.9 Å². The van der Waals surface area contributed by atoms with Crippen LogP contribution in [0.3, 0.4) is 0 Å². The van der Waals surface area contributed by atoms with Crippen molar-refractivity contribution in [2.24, 2.45) is 0 Å². The van der Waals surface area contributed by atoms with Crippen LogP contribution in [0.4, 0.5) is 13.2 Å². The molecule has 0 aliphatic carbocycles. The van der Waals surface area contributed by atoms with E-state index >= 15 is 0 Å². The van der Waals surface area contributed by atoms with Crippen LogP contribution in [-0.2, 0) is 12.6 Å². The van der Waals surface area contributed by atoms with E-state index in [0.717, 1.165) is 25.3 Å². The Bertz CT molecular complexity index is 651. The van der Waals surface area contributed by atoms with E-state index in [1.807, 2.05) is 18.2 Å². The molecule has 128 valence electrons. The molecule has 0 aromatic heterocycles. The summed E-state index contributed by atoms with van der Waals surface area (Å²) in [5.74, 6) is -0.226. The summed E-state index contributed by atoms with van der Waals surface area (Å²) in [7, 11) is 0. The van der Waals surface area contributed by atoms with Gasteiger partial charge in [-0.2, -0.15) is 13.2 Å². The molecule has 0 radical (unpaired) electrons. The Morgan fingerprint density at radius 3 is 2.38 bits per heavy atom. The lowest BCUT2D eigenvalue weighted by molar-refractivity contribution is -0.139. The number of carbonyl (C=O) groups is 1. The minimum absolute atomic E-state index is 0.0162. The molecule has 0 aliphatic heterocycles. The van der Waals surface area contributed by atoms with Crippen molar-refractivity contribution in [3.05, 3.63) is 65.2 Å². The highest BCUT2D eigenvalue weighted by molar-refractivity contribution is 5.75. The van der Waals surface area contributed by atoms with Gasteiger partial charge in [0, 0.05) is 5.56 Å². The lowest BCUT2D eigenvalue weighted by atomic mass is 10.1. The molecule has 5 heteroatoms. The van der Waals surface area contributed by atoms with Crippen LogP contribution in [0.25, 0.3) is 0 Å². The summed E-state index contributed by atoms with van der Waals surface area (Å²) in [6, 6.07) is 13.4. The molecule has 0 saturated carbocycles. The molecule has 2 nitrogen and oxygen atoms in total. The molecule has 0 heterocycles. The minimum Gasteiger partial charge on any atom is -0.493 e. The van der Waals surface area contributed by atoms with E-state index < -0.39 is 11.7 Å². The van der Waals surface area contributed by atoms with Gasteiger partial charge in [-0.25, -0.2) is 0 Å². The van der Waals surface area contributed by atoms with Crippen molar-refractivity contribution in [2.75, 3.05) is 6.61 Å². The van der Waals surface area contributed by atoms with Crippen LogP contribution in [0.5, 0.6) is 5.75 Å². The molecule has 0 bridgehead atoms. The number of alkyl halides is 3. The highest BCUT2D eigenvalue weighted by Crippen LogP contribution is 2.36. The Morgan fingerprint density at radius 2 is 1.71 bits per heavy atom. The average molecular weight is 336 g/mol. The van der Waals surface area contributed by atoms with Crippen LogP contribution >= 0.6 is 0 Å². The predicted molar refractivity (Wildman–Crippen MR) is 86.3 cm³/mol. The highest BCUT2D eigenvalue weighted by atomic mass is 19.4. The number of unbranched alkanes of at least 4 members (excludes halogenated alkanes) is 2. The number of aryl methyl sites for hydroxylation is 1. The van der Waals surface area contributed by atoms with Crippen molar-refractivity contribution >= 4 is 6.29 Å². The van der Waals surface area contributed by atoms with Crippen LogP contribution in [-0.4, -0.2) is 12.9 Å². The maximum atomic E-state index is 13.0. The largest absolute Gasteiger partial charge is 0.493 e. The molecule has 0 aliphatic rings. The molecule has 0 unspecified atom stereocenters. The van der Waals surface area contributed by atoms with Gasteiger partial charge in [-0.1, -0.05) is 30.3 Å². The summed E-state index contributed by atoms with van der Waals surface area (Å²) in [6.45, 7) is 0.221. The molecule has 2 aromatic carbocycles. The number of aldehydes is 1. The molecule has 0 saturated heterocycles. The summed E-state index contributed by atoms with van der Waals surface area (Å²) in [4.78, 5) is 10.6. The lowest BCUT2D eigenvalue weighted by Crippen LogP contribution is -2.10. The molecule has 2 aromatic rings. The summed E-state index contributed by atoms with van der Waals surface area (Å²) < 4.78 is 44.2. The molecular formula is C19H19F3O2. The van der Waals surface area contributed by atoms with E-state index in [0.29, 0.717) is 12.7 Å². The third-order valence-corrected chi connectivity index (χ3v) is 3.66. The fraction of sp³-hybridized carbons (Fsp3) is 0.316. The number of hydrogen-bond donors (Lipinski definition) is 0. The Morgan fingerprint density at radius 1 is 0.958 bits per heavy atom. The standard InChI is InChI=1S/C19H19F3O2/c20-19(21,22)17-13-16(14-23)10-11-18(17)24-12-6-2-5-9-15-7-3-1-4-8-15/h1,3-4,7-8,10-11,13-14H,2,5-6,9,12H2. The van der Waals surface area contributed by atoms with Gasteiger partial charge in [0.05, 0.1) is 12.2 Å². The zero-order valence-corrected chi connectivity index (χ0v) is 13.2. The molecular weight excluding hydrogens is 317 g/mol. The van der Waals surface area contributed by atoms with Gasteiger partial charge in [0.15, 0.2) is 0 Å². The summed E-state index contributed by atoms with van der Waals surface area (Å²) in [6.07, 6.45) is -0.682. The maximum Gasteiger partial charge on any atom is 0.419 e. The van der Waals surface area contributed by atoms with Crippen LogP contribution in [0, 0.1) is 0 Å². The van der Waals surface area contributed by atoms with E-state index in [1.54, 1.807) is 0 Å². The summed E-state index contributed by atoms with van der Waals surface area (Å²) >= 11 is 0. The second kappa shape index (κ2) is 8.52. The molecule has 0 N–H and O–H groups in total. The normalized spacial score (nSPS) is 11.3. The molecule has 0 spiro atoms. The van der Waals surface area contributed by atoms with Crippen molar-refractivity contribution in [1.82, 2.24) is 0 Å². The first kappa shape index (κ1) is 18.0. The number of hydrogen-bond acceptors (Lipinski definition) is 2. The number of benzene rings is 2. The molecule has 0 atom stereocenters. The Balaban J connectivity index is 1.80. The number of ether oxygens (including phenoxy) is 1. The summed E-state index contributed by atoms with van der Waals surface area (Å²) in [5.41, 5.74) is 0.330. The number of halogens is 3. The third kappa shape index (κ3) is 5.41. The maximum absolute atomic E-state index is 13.0. The smallest absolute Gasteiger partial charge is 0.419 e. The van der Waals surface area contributed by atoms with Gasteiger partial charge in [-0.15, -0.1) is 0 Å². The van der Waals surface area contributed by atoms with Gasteiger partial charge < -0.3 is 4.74 Å². The van der Waals surface area contributed by atoms with Crippen LogP contribution in [0.1, 0.15) is 40.7 Å². The van der Waals surface area contributed by atoms with Crippen LogP contribution in [0.2, 0.25) is 0 Å². The van der Waals surface area contributed by atoms with Gasteiger partial charge in [0.25, 0.3) is 0 Å². The first-order valence-electron chi connectivity index (χ1n) is 7.84. The SMILES string of the molecule is O=Cc1ccc(OCCCCCc2ccccc2)c(C(F)(F)F)c1. The monoisotopic (exact) mass is 336 g/mol. The number of carbonyl (C=O) groups excluding carboxylic acids is 1. The first-order valence-corrected chi connectivity index (χ1v) is 7.84. The van der Waals surface area contributed by atoms with Gasteiger partial charge in [-0.3, -0.25) is 4.79 Å². The van der Waals surface area contributed by atoms with E-state index in [4.69, 9.17) is 4.74 Å². The van der Waals surface area contributed by atoms with Gasteiger partial charge in [-0.05, 0) is 49.4 Å². The van der Waals surface area contributed by atoms with Crippen molar-refractivity contribution in [3.8, 4) is 5.75 Å². The van der Waals surface area contributed by atoms with E-state index in [2.05, 4.69) is 12.1 Å². The topological polar surface area (TPSA) is 26.3 Å². The van der Waals surface area contributed by atoms with Crippen LogP contribution < -0.4 is 4.74 Å². The highest BCUT2D eigenvalue weighted by Gasteiger charge is 2.34. The van der Waals surface area contributed by atoms with Crippen molar-refractivity contribution in [3.63, 3.8) is 0 Å². The molecule has 0 fully saturated rings. The van der Waals surface area contributed by atoms with Gasteiger partial charge >= 0.3 is 6.18 Å². The van der Waals surface area contributed by atoms with Gasteiger partial charge in [0.1, 0.15) is 12.0 Å². The fourth-order valence-electron chi connectivity index (χ4n) is 2.40. The molecule has 24 heavy (non-hydrogen) atoms. The number of rotatable bonds is 8. The van der Waals surface area contributed by atoms with Crippen molar-refractivity contribution in [1.29, 1.82) is 0 Å². The Labute approximate surface area is 139 Å². The van der Waals surface area contributed by atoms with Crippen molar-refractivity contribution in [2.45, 2.75) is 31.9 Å². The summed E-state index contributed by atoms with van der Waals surface area (Å²) in [5, 5.41) is 0. The fourth-order valence-corrected chi connectivity index (χ4v) is 2.40. The Kier molecular flexibility index (Phi) is 6.41.